The summed E-state index contributed by atoms with van der Waals surface area (Å²) in [5.41, 5.74) is 3.45. The summed E-state index contributed by atoms with van der Waals surface area (Å²) in [6.45, 7) is 6.10. The number of aryl methyl sites for hydroxylation is 1. The number of amides is 1. The molecule has 4 rings (SSSR count). The van der Waals surface area contributed by atoms with Crippen molar-refractivity contribution in [3.05, 3.63) is 45.3 Å². The van der Waals surface area contributed by atoms with Crippen molar-refractivity contribution < 1.29 is 4.79 Å². The van der Waals surface area contributed by atoms with Crippen LogP contribution in [-0.4, -0.2) is 48.9 Å². The van der Waals surface area contributed by atoms with Gasteiger partial charge in [-0.05, 0) is 81.9 Å². The fraction of sp³-hybridized carbons (Fsp3) is 0.500. The number of nitrogens with zero attached hydrogens (tertiary/aromatic N) is 2. The predicted molar refractivity (Wildman–Crippen MR) is 114 cm³/mol. The number of likely N-dealkylation sites (tertiary alicyclic amines) is 2. The zero-order chi connectivity index (χ0) is 19.0. The van der Waals surface area contributed by atoms with Crippen LogP contribution in [0.3, 0.4) is 0 Å². The van der Waals surface area contributed by atoms with E-state index >= 15 is 0 Å². The molecule has 0 spiro atoms. The molecular formula is C22H27ClN2OS. The van der Waals surface area contributed by atoms with Crippen LogP contribution in [0.25, 0.3) is 10.4 Å². The Morgan fingerprint density at radius 3 is 2.48 bits per heavy atom. The van der Waals surface area contributed by atoms with Crippen LogP contribution in [0.1, 0.15) is 52.4 Å². The van der Waals surface area contributed by atoms with Crippen LogP contribution >= 0.6 is 22.9 Å². The van der Waals surface area contributed by atoms with Gasteiger partial charge in [-0.1, -0.05) is 23.7 Å². The molecule has 5 heteroatoms. The van der Waals surface area contributed by atoms with Crippen molar-refractivity contribution in [3.63, 3.8) is 0 Å². The molecule has 2 aliphatic rings. The lowest BCUT2D eigenvalue weighted by atomic mass is 9.89. The summed E-state index contributed by atoms with van der Waals surface area (Å²) in [6, 6.07) is 8.63. The molecular weight excluding hydrogens is 376 g/mol. The third-order valence-corrected chi connectivity index (χ3v) is 7.52. The Labute approximate surface area is 170 Å². The van der Waals surface area contributed by atoms with E-state index in [1.165, 1.54) is 18.4 Å². The van der Waals surface area contributed by atoms with Crippen molar-refractivity contribution in [3.8, 4) is 10.4 Å². The maximum absolute atomic E-state index is 12.8. The molecule has 3 heterocycles. The number of hydrogen-bond acceptors (Lipinski definition) is 3. The summed E-state index contributed by atoms with van der Waals surface area (Å²) >= 11 is 8.26. The second-order valence-corrected chi connectivity index (χ2v) is 9.40. The number of hydrogen-bond donors (Lipinski definition) is 0. The number of piperidine rings is 1. The Morgan fingerprint density at radius 2 is 1.81 bits per heavy atom. The first-order valence-corrected chi connectivity index (χ1v) is 11.1. The van der Waals surface area contributed by atoms with Crippen LogP contribution in [0.4, 0.5) is 0 Å². The third kappa shape index (κ3) is 3.94. The molecule has 2 saturated heterocycles. The van der Waals surface area contributed by atoms with Gasteiger partial charge >= 0.3 is 0 Å². The molecule has 0 bridgehead atoms. The highest BCUT2D eigenvalue weighted by atomic mass is 35.5. The maximum atomic E-state index is 12.8. The van der Waals surface area contributed by atoms with Crippen LogP contribution in [0.2, 0.25) is 5.02 Å². The SMILES string of the molecule is Cc1cc(-c2ccc(C3CCN(C)CC3)cc2Cl)sc1C(=O)N1CCCC1. The van der Waals surface area contributed by atoms with E-state index in [4.69, 9.17) is 11.6 Å². The first-order valence-electron chi connectivity index (χ1n) is 9.91. The number of rotatable bonds is 3. The topological polar surface area (TPSA) is 23.6 Å². The Kier molecular flexibility index (Phi) is 5.58. The van der Waals surface area contributed by atoms with Gasteiger partial charge in [0.2, 0.25) is 0 Å². The average Bonchev–Trinajstić information content (AvgIpc) is 3.32. The Balaban J connectivity index is 1.56. The molecule has 0 unspecified atom stereocenters. The highest BCUT2D eigenvalue weighted by Gasteiger charge is 2.24. The average molecular weight is 403 g/mol. The quantitative estimate of drug-likeness (QED) is 0.684. The van der Waals surface area contributed by atoms with Gasteiger partial charge < -0.3 is 9.80 Å². The Hall–Kier alpha value is -1.36. The van der Waals surface area contributed by atoms with E-state index in [0.717, 1.165) is 64.9 Å². The number of benzene rings is 1. The smallest absolute Gasteiger partial charge is 0.264 e. The minimum atomic E-state index is 0.181. The van der Waals surface area contributed by atoms with Gasteiger partial charge in [-0.2, -0.15) is 0 Å². The van der Waals surface area contributed by atoms with E-state index in [1.807, 2.05) is 11.8 Å². The van der Waals surface area contributed by atoms with Gasteiger partial charge in [-0.3, -0.25) is 4.79 Å². The first-order chi connectivity index (χ1) is 13.0. The summed E-state index contributed by atoms with van der Waals surface area (Å²) < 4.78 is 0. The van der Waals surface area contributed by atoms with E-state index < -0.39 is 0 Å². The molecule has 2 aliphatic heterocycles. The van der Waals surface area contributed by atoms with E-state index in [-0.39, 0.29) is 5.91 Å². The van der Waals surface area contributed by atoms with Crippen LogP contribution in [0, 0.1) is 6.92 Å². The second-order valence-electron chi connectivity index (χ2n) is 7.94. The molecule has 0 radical (unpaired) electrons. The van der Waals surface area contributed by atoms with E-state index in [1.54, 1.807) is 11.3 Å². The molecule has 1 aromatic heterocycles. The zero-order valence-corrected chi connectivity index (χ0v) is 17.7. The van der Waals surface area contributed by atoms with E-state index in [9.17, 15) is 4.79 Å². The lowest BCUT2D eigenvalue weighted by Crippen LogP contribution is -2.29. The summed E-state index contributed by atoms with van der Waals surface area (Å²) in [5, 5.41) is 0.799. The molecule has 0 saturated carbocycles. The molecule has 3 nitrogen and oxygen atoms in total. The summed E-state index contributed by atoms with van der Waals surface area (Å²) in [4.78, 5) is 19.1. The van der Waals surface area contributed by atoms with Crippen molar-refractivity contribution in [1.29, 1.82) is 0 Å². The molecule has 1 aromatic carbocycles. The third-order valence-electron chi connectivity index (χ3n) is 5.95. The lowest BCUT2D eigenvalue weighted by molar-refractivity contribution is 0.0797. The van der Waals surface area contributed by atoms with Crippen molar-refractivity contribution in [2.45, 2.75) is 38.5 Å². The number of carbonyl (C=O) groups is 1. The summed E-state index contributed by atoms with van der Waals surface area (Å²) in [5.74, 6) is 0.783. The molecule has 2 aromatic rings. The van der Waals surface area contributed by atoms with Gasteiger partial charge in [0.1, 0.15) is 0 Å². The predicted octanol–water partition coefficient (Wildman–Crippen LogP) is 5.42. The largest absolute Gasteiger partial charge is 0.338 e. The van der Waals surface area contributed by atoms with Crippen molar-refractivity contribution in [1.82, 2.24) is 9.80 Å². The fourth-order valence-electron chi connectivity index (χ4n) is 4.22. The normalized spacial score (nSPS) is 19.0. The van der Waals surface area contributed by atoms with Gasteiger partial charge in [0.25, 0.3) is 5.91 Å². The molecule has 0 aliphatic carbocycles. The number of halogens is 1. The molecule has 1 amide bonds. The van der Waals surface area contributed by atoms with Gasteiger partial charge in [0, 0.05) is 28.6 Å². The molecule has 0 N–H and O–H groups in total. The molecule has 27 heavy (non-hydrogen) atoms. The van der Waals surface area contributed by atoms with E-state index in [0.29, 0.717) is 5.92 Å². The van der Waals surface area contributed by atoms with Crippen LogP contribution in [0.15, 0.2) is 24.3 Å². The fourth-order valence-corrected chi connectivity index (χ4v) is 5.74. The highest BCUT2D eigenvalue weighted by molar-refractivity contribution is 7.17. The second kappa shape index (κ2) is 7.94. The monoisotopic (exact) mass is 402 g/mol. The van der Waals surface area contributed by atoms with Gasteiger partial charge in [-0.15, -0.1) is 11.3 Å². The minimum absolute atomic E-state index is 0.181. The van der Waals surface area contributed by atoms with E-state index in [2.05, 4.69) is 36.2 Å². The first kappa shape index (κ1) is 19.0. The minimum Gasteiger partial charge on any atom is -0.338 e. The standard InChI is InChI=1S/C22H27ClN2OS/c1-15-13-20(27-21(15)22(26)25-9-3-4-10-25)18-6-5-17(14-19(18)23)16-7-11-24(2)12-8-16/h5-6,13-14,16H,3-4,7-12H2,1-2H3. The molecule has 144 valence electrons. The van der Waals surface area contributed by atoms with Gasteiger partial charge in [0.05, 0.1) is 4.88 Å². The van der Waals surface area contributed by atoms with Crippen molar-refractivity contribution in [2.24, 2.45) is 0 Å². The van der Waals surface area contributed by atoms with Crippen LogP contribution in [0.5, 0.6) is 0 Å². The van der Waals surface area contributed by atoms with Crippen LogP contribution in [-0.2, 0) is 0 Å². The molecule has 0 atom stereocenters. The Bertz CT molecular complexity index is 833. The highest BCUT2D eigenvalue weighted by Crippen LogP contribution is 2.39. The lowest BCUT2D eigenvalue weighted by Gasteiger charge is -2.29. The summed E-state index contributed by atoms with van der Waals surface area (Å²) in [7, 11) is 2.19. The Morgan fingerprint density at radius 1 is 1.11 bits per heavy atom. The zero-order valence-electron chi connectivity index (χ0n) is 16.1. The molecule has 2 fully saturated rings. The van der Waals surface area contributed by atoms with Crippen LogP contribution < -0.4 is 0 Å². The number of carbonyl (C=O) groups excluding carboxylic acids is 1. The number of thiophene rings is 1. The van der Waals surface area contributed by atoms with Gasteiger partial charge in [-0.25, -0.2) is 0 Å². The summed E-state index contributed by atoms with van der Waals surface area (Å²) in [6.07, 6.45) is 4.62. The van der Waals surface area contributed by atoms with Crippen molar-refractivity contribution >= 4 is 28.8 Å². The van der Waals surface area contributed by atoms with Crippen molar-refractivity contribution in [2.75, 3.05) is 33.2 Å². The maximum Gasteiger partial charge on any atom is 0.264 e. The van der Waals surface area contributed by atoms with Gasteiger partial charge in [0.15, 0.2) is 0 Å².